The zero-order chi connectivity index (χ0) is 25.0. The van der Waals surface area contributed by atoms with Crippen molar-refractivity contribution >= 4 is 50.0 Å². The van der Waals surface area contributed by atoms with Crippen molar-refractivity contribution in [2.45, 2.75) is 19.4 Å². The number of unbranched alkanes of at least 4 members (excludes halogenated alkanes) is 1. The Labute approximate surface area is 203 Å². The molecule has 0 radical (unpaired) electrons. The van der Waals surface area contributed by atoms with Gasteiger partial charge in [0.25, 0.3) is 10.1 Å². The molecule has 0 spiro atoms. The molecule has 0 saturated heterocycles. The SMILES string of the molecule is COc1ccc(C=Cc2ccc3c(c2)c(C(=O)O)c2ccccc2[n+]3CCCCS(=O)(=O)O)cc1. The molecular weight excluding hydrogens is 466 g/mol. The van der Waals surface area contributed by atoms with E-state index in [2.05, 4.69) is 0 Å². The molecule has 4 aromatic rings. The summed E-state index contributed by atoms with van der Waals surface area (Å²) in [7, 11) is -2.41. The summed E-state index contributed by atoms with van der Waals surface area (Å²) in [5.74, 6) is -0.551. The van der Waals surface area contributed by atoms with E-state index in [1.807, 2.05) is 71.3 Å². The molecule has 0 saturated carbocycles. The predicted molar refractivity (Wildman–Crippen MR) is 136 cm³/mol. The van der Waals surface area contributed by atoms with Crippen molar-refractivity contribution < 1.29 is 32.2 Å². The molecule has 7 nitrogen and oxygen atoms in total. The maximum Gasteiger partial charge on any atom is 0.337 e. The highest BCUT2D eigenvalue weighted by atomic mass is 32.2. The first-order valence-electron chi connectivity index (χ1n) is 11.2. The zero-order valence-electron chi connectivity index (χ0n) is 19.2. The number of pyridine rings is 1. The van der Waals surface area contributed by atoms with Crippen LogP contribution in [0.2, 0.25) is 0 Å². The van der Waals surface area contributed by atoms with E-state index < -0.39 is 16.1 Å². The number of aromatic nitrogens is 1. The third kappa shape index (κ3) is 5.67. The van der Waals surface area contributed by atoms with Gasteiger partial charge in [-0.25, -0.2) is 4.79 Å². The number of carbonyl (C=O) groups is 1. The molecule has 1 aromatic heterocycles. The van der Waals surface area contributed by atoms with Gasteiger partial charge in [-0.05, 0) is 47.9 Å². The molecule has 2 N–H and O–H groups in total. The van der Waals surface area contributed by atoms with Crippen LogP contribution < -0.4 is 9.30 Å². The highest BCUT2D eigenvalue weighted by Crippen LogP contribution is 2.27. The van der Waals surface area contributed by atoms with Crippen molar-refractivity contribution in [1.82, 2.24) is 0 Å². The Kier molecular flexibility index (Phi) is 7.14. The molecule has 0 amide bonds. The summed E-state index contributed by atoms with van der Waals surface area (Å²) >= 11 is 0. The minimum atomic E-state index is -4.02. The molecule has 0 aliphatic heterocycles. The molecule has 4 rings (SSSR count). The summed E-state index contributed by atoms with van der Waals surface area (Å²) in [6.45, 7) is 0.480. The second kappa shape index (κ2) is 10.2. The van der Waals surface area contributed by atoms with E-state index in [0.717, 1.165) is 27.9 Å². The van der Waals surface area contributed by atoms with Crippen molar-refractivity contribution in [2.75, 3.05) is 12.9 Å². The van der Waals surface area contributed by atoms with Crippen LogP contribution in [-0.4, -0.2) is 36.9 Å². The molecule has 8 heteroatoms. The maximum atomic E-state index is 12.3. The fourth-order valence-corrected chi connectivity index (χ4v) is 4.79. The van der Waals surface area contributed by atoms with Gasteiger partial charge in [0, 0.05) is 18.6 Å². The molecule has 0 aliphatic rings. The first kappa shape index (κ1) is 24.4. The number of methoxy groups -OCH3 is 1. The number of hydrogen-bond donors (Lipinski definition) is 2. The standard InChI is InChI=1S/C27H25NO6S/c1-34-21-13-10-19(11-14-21)8-9-20-12-15-25-23(18-20)26(27(29)30)22-6-2-3-7-24(22)28(25)16-4-5-17-35(31,32)33/h2-3,6-15,18H,4-5,16-17H2,1H3,(H-,29,30,31,32,33)/p+1. The second-order valence-corrected chi connectivity index (χ2v) is 9.80. The number of carboxylic acids is 1. The summed E-state index contributed by atoms with van der Waals surface area (Å²) in [5, 5.41) is 11.3. The quantitative estimate of drug-likeness (QED) is 0.114. The van der Waals surface area contributed by atoms with Crippen LogP contribution >= 0.6 is 0 Å². The number of ether oxygens (including phenoxy) is 1. The number of fused-ring (bicyclic) bond motifs is 2. The van der Waals surface area contributed by atoms with Gasteiger partial charge in [0.05, 0.1) is 29.2 Å². The van der Waals surface area contributed by atoms with E-state index in [-0.39, 0.29) is 11.3 Å². The molecule has 0 atom stereocenters. The number of aromatic carboxylic acids is 1. The summed E-state index contributed by atoms with van der Waals surface area (Å²) < 4.78 is 38.4. The van der Waals surface area contributed by atoms with Crippen LogP contribution in [0.1, 0.15) is 34.3 Å². The van der Waals surface area contributed by atoms with E-state index in [0.29, 0.717) is 30.2 Å². The number of para-hydroxylation sites is 1. The van der Waals surface area contributed by atoms with Gasteiger partial charge in [-0.15, -0.1) is 0 Å². The van der Waals surface area contributed by atoms with Crippen LogP contribution in [0.15, 0.2) is 66.7 Å². The van der Waals surface area contributed by atoms with Gasteiger partial charge in [-0.1, -0.05) is 36.4 Å². The number of benzene rings is 3. The Morgan fingerprint density at radius 3 is 2.26 bits per heavy atom. The Hall–Kier alpha value is -3.75. The van der Waals surface area contributed by atoms with Crippen molar-refractivity contribution in [3.05, 3.63) is 83.4 Å². The lowest BCUT2D eigenvalue weighted by Gasteiger charge is -2.10. The molecule has 0 unspecified atom stereocenters. The third-order valence-corrected chi connectivity index (χ3v) is 6.68. The van der Waals surface area contributed by atoms with Crippen molar-refractivity contribution in [2.24, 2.45) is 0 Å². The summed E-state index contributed by atoms with van der Waals surface area (Å²) in [6.07, 6.45) is 4.68. The van der Waals surface area contributed by atoms with E-state index in [1.54, 1.807) is 19.2 Å². The number of carboxylic acid groups (broad SMARTS) is 1. The Morgan fingerprint density at radius 1 is 0.914 bits per heavy atom. The van der Waals surface area contributed by atoms with Crippen LogP contribution in [0.3, 0.4) is 0 Å². The monoisotopic (exact) mass is 492 g/mol. The van der Waals surface area contributed by atoms with E-state index in [4.69, 9.17) is 9.29 Å². The predicted octanol–water partition coefficient (Wildman–Crippen LogP) is 4.83. The van der Waals surface area contributed by atoms with Gasteiger partial charge < -0.3 is 9.84 Å². The van der Waals surface area contributed by atoms with Gasteiger partial charge in [-0.3, -0.25) is 4.55 Å². The molecule has 0 fully saturated rings. The molecule has 35 heavy (non-hydrogen) atoms. The lowest BCUT2D eigenvalue weighted by atomic mass is 9.99. The minimum absolute atomic E-state index is 0.226. The largest absolute Gasteiger partial charge is 0.497 e. The number of hydrogen-bond acceptors (Lipinski definition) is 4. The van der Waals surface area contributed by atoms with Gasteiger partial charge in [0.2, 0.25) is 11.0 Å². The average Bonchev–Trinajstić information content (AvgIpc) is 2.84. The average molecular weight is 493 g/mol. The number of nitrogens with zero attached hydrogens (tertiary/aromatic N) is 1. The van der Waals surface area contributed by atoms with E-state index >= 15 is 0 Å². The Morgan fingerprint density at radius 2 is 1.57 bits per heavy atom. The highest BCUT2D eigenvalue weighted by molar-refractivity contribution is 7.85. The minimum Gasteiger partial charge on any atom is -0.497 e. The zero-order valence-corrected chi connectivity index (χ0v) is 20.0. The van der Waals surface area contributed by atoms with Crippen LogP contribution in [0.5, 0.6) is 5.75 Å². The molecule has 1 heterocycles. The van der Waals surface area contributed by atoms with E-state index in [1.165, 1.54) is 0 Å². The third-order valence-electron chi connectivity index (χ3n) is 5.88. The first-order valence-corrected chi connectivity index (χ1v) is 12.8. The smallest absolute Gasteiger partial charge is 0.337 e. The molecule has 180 valence electrons. The normalized spacial score (nSPS) is 11.9. The Bertz CT molecular complexity index is 1530. The molecular formula is C27H26NO6S+. The Balaban J connectivity index is 1.78. The summed E-state index contributed by atoms with van der Waals surface area (Å²) in [6, 6.07) is 20.6. The van der Waals surface area contributed by atoms with Gasteiger partial charge in [-0.2, -0.15) is 13.0 Å². The molecule has 3 aromatic carbocycles. The molecule has 0 bridgehead atoms. The fraction of sp³-hybridized carbons (Fsp3) is 0.185. The summed E-state index contributed by atoms with van der Waals surface area (Å²) in [5.41, 5.74) is 3.56. The summed E-state index contributed by atoms with van der Waals surface area (Å²) in [4.78, 5) is 12.3. The van der Waals surface area contributed by atoms with Crippen molar-refractivity contribution in [3.8, 4) is 5.75 Å². The number of aryl methyl sites for hydroxylation is 1. The van der Waals surface area contributed by atoms with Gasteiger partial charge in [0.1, 0.15) is 12.3 Å². The molecule has 0 aliphatic carbocycles. The van der Waals surface area contributed by atoms with Crippen molar-refractivity contribution in [3.63, 3.8) is 0 Å². The fourth-order valence-electron chi connectivity index (χ4n) is 4.22. The topological polar surface area (TPSA) is 105 Å². The van der Waals surface area contributed by atoms with Crippen LogP contribution in [0, 0.1) is 0 Å². The van der Waals surface area contributed by atoms with Gasteiger partial charge >= 0.3 is 5.97 Å². The second-order valence-electron chi connectivity index (χ2n) is 8.23. The van der Waals surface area contributed by atoms with Crippen LogP contribution in [0.4, 0.5) is 0 Å². The maximum absolute atomic E-state index is 12.3. The lowest BCUT2D eigenvalue weighted by Crippen LogP contribution is -2.36. The van der Waals surface area contributed by atoms with E-state index in [9.17, 15) is 18.3 Å². The number of rotatable bonds is 9. The van der Waals surface area contributed by atoms with Crippen molar-refractivity contribution in [1.29, 1.82) is 0 Å². The lowest BCUT2D eigenvalue weighted by molar-refractivity contribution is -0.645. The highest BCUT2D eigenvalue weighted by Gasteiger charge is 2.24. The van der Waals surface area contributed by atoms with Crippen LogP contribution in [-0.2, 0) is 16.7 Å². The van der Waals surface area contributed by atoms with Gasteiger partial charge in [0.15, 0.2) is 0 Å². The first-order chi connectivity index (χ1) is 16.8. The van der Waals surface area contributed by atoms with Crippen LogP contribution in [0.25, 0.3) is 34.0 Å².